The molecule has 0 radical (unpaired) electrons. The van der Waals surface area contributed by atoms with Crippen LogP contribution in [0.25, 0.3) is 0 Å². The number of rotatable bonds is 6. The lowest BCUT2D eigenvalue weighted by Gasteiger charge is -2.41. The lowest BCUT2D eigenvalue weighted by Crippen LogP contribution is -2.50. The Bertz CT molecular complexity index is 320. The van der Waals surface area contributed by atoms with Crippen molar-refractivity contribution in [2.24, 2.45) is 0 Å². The van der Waals surface area contributed by atoms with Gasteiger partial charge in [-0.2, -0.15) is 0 Å². The molecule has 116 valence electrons. The molecule has 1 saturated carbocycles. The number of carbonyl (C=O) groups is 1. The summed E-state index contributed by atoms with van der Waals surface area (Å²) in [6, 6.07) is 0.415. The largest absolute Gasteiger partial charge is 0.465 e. The molecule has 1 heterocycles. The van der Waals surface area contributed by atoms with Gasteiger partial charge in [0.25, 0.3) is 0 Å². The molecule has 0 bridgehead atoms. The normalized spacial score (nSPS) is 28.7. The van der Waals surface area contributed by atoms with E-state index < -0.39 is 5.79 Å². The Kier molecular flexibility index (Phi) is 6.14. The average molecular weight is 303 g/mol. The van der Waals surface area contributed by atoms with Crippen molar-refractivity contribution in [3.63, 3.8) is 0 Å². The van der Waals surface area contributed by atoms with Gasteiger partial charge in [-0.05, 0) is 19.9 Å². The van der Waals surface area contributed by atoms with E-state index in [1.807, 2.05) is 6.92 Å². The summed E-state index contributed by atoms with van der Waals surface area (Å²) in [7, 11) is 0. The van der Waals surface area contributed by atoms with Crippen molar-refractivity contribution >= 4 is 17.7 Å². The van der Waals surface area contributed by atoms with Gasteiger partial charge in [0.15, 0.2) is 5.79 Å². The third-order valence-electron chi connectivity index (χ3n) is 3.80. The van der Waals surface area contributed by atoms with E-state index >= 15 is 0 Å². The van der Waals surface area contributed by atoms with Gasteiger partial charge in [-0.1, -0.05) is 6.92 Å². The molecule has 2 aliphatic rings. The summed E-state index contributed by atoms with van der Waals surface area (Å²) in [5, 5.41) is 3.84. The van der Waals surface area contributed by atoms with E-state index in [4.69, 9.17) is 14.2 Å². The first-order chi connectivity index (χ1) is 9.69. The Morgan fingerprint density at radius 1 is 1.40 bits per heavy atom. The number of thioether (sulfide) groups is 1. The molecule has 1 saturated heterocycles. The van der Waals surface area contributed by atoms with Gasteiger partial charge in [0.2, 0.25) is 0 Å². The van der Waals surface area contributed by atoms with Gasteiger partial charge in [0.1, 0.15) is 0 Å². The first-order valence-corrected chi connectivity index (χ1v) is 8.52. The zero-order chi connectivity index (χ0) is 14.4. The fourth-order valence-electron chi connectivity index (χ4n) is 2.92. The summed E-state index contributed by atoms with van der Waals surface area (Å²) in [4.78, 5) is 11.5. The second-order valence-corrected chi connectivity index (χ2v) is 6.40. The number of hydrogen-bond donors (Lipinski definition) is 1. The molecular weight excluding hydrogens is 278 g/mol. The van der Waals surface area contributed by atoms with Gasteiger partial charge >= 0.3 is 5.97 Å². The molecule has 1 spiro atoms. The fraction of sp³-hybridized carbons (Fsp3) is 0.929. The Morgan fingerprint density at radius 3 is 2.80 bits per heavy atom. The summed E-state index contributed by atoms with van der Waals surface area (Å²) in [6.45, 7) is 6.69. The van der Waals surface area contributed by atoms with Gasteiger partial charge < -0.3 is 19.5 Å². The minimum absolute atomic E-state index is 0.138. The van der Waals surface area contributed by atoms with Crippen molar-refractivity contribution < 1.29 is 19.0 Å². The number of ether oxygens (including phenoxy) is 3. The standard InChI is InChI=1S/C14H25NO4S/c1-3-15-11-5-6-14(18-7-8-19-14)9-12(11)20-10-13(16)17-4-2/h11-12,15H,3-10H2,1-2H3. The highest BCUT2D eigenvalue weighted by atomic mass is 32.2. The maximum atomic E-state index is 11.5. The van der Waals surface area contributed by atoms with E-state index in [1.54, 1.807) is 11.8 Å². The van der Waals surface area contributed by atoms with Gasteiger partial charge in [0.05, 0.1) is 25.6 Å². The monoisotopic (exact) mass is 303 g/mol. The minimum Gasteiger partial charge on any atom is -0.465 e. The fourth-order valence-corrected chi connectivity index (χ4v) is 4.19. The summed E-state index contributed by atoms with van der Waals surface area (Å²) in [5.41, 5.74) is 0. The maximum Gasteiger partial charge on any atom is 0.315 e. The van der Waals surface area contributed by atoms with Gasteiger partial charge in [0, 0.05) is 24.1 Å². The maximum absolute atomic E-state index is 11.5. The molecule has 0 aromatic carbocycles. The molecule has 5 nitrogen and oxygen atoms in total. The predicted octanol–water partition coefficient (Wildman–Crippen LogP) is 1.56. The molecule has 2 rings (SSSR count). The molecule has 1 aliphatic carbocycles. The van der Waals surface area contributed by atoms with Crippen molar-refractivity contribution in [3.8, 4) is 0 Å². The number of carbonyl (C=O) groups excluding carboxylic acids is 1. The quantitative estimate of drug-likeness (QED) is 0.752. The Hall–Kier alpha value is -0.300. The Balaban J connectivity index is 1.90. The van der Waals surface area contributed by atoms with Gasteiger partial charge in [-0.15, -0.1) is 11.8 Å². The van der Waals surface area contributed by atoms with Crippen LogP contribution in [0, 0.1) is 0 Å². The van der Waals surface area contributed by atoms with Crippen LogP contribution in [0.15, 0.2) is 0 Å². The molecule has 20 heavy (non-hydrogen) atoms. The van der Waals surface area contributed by atoms with Crippen LogP contribution in [0.1, 0.15) is 33.1 Å². The lowest BCUT2D eigenvalue weighted by molar-refractivity contribution is -0.178. The highest BCUT2D eigenvalue weighted by molar-refractivity contribution is 8.00. The second-order valence-electron chi connectivity index (χ2n) is 5.17. The van der Waals surface area contributed by atoms with Crippen LogP contribution >= 0.6 is 11.8 Å². The van der Waals surface area contributed by atoms with Crippen molar-refractivity contribution in [3.05, 3.63) is 0 Å². The topological polar surface area (TPSA) is 56.8 Å². The Labute approximate surface area is 125 Å². The van der Waals surface area contributed by atoms with E-state index in [-0.39, 0.29) is 5.97 Å². The van der Waals surface area contributed by atoms with Crippen molar-refractivity contribution in [1.82, 2.24) is 5.32 Å². The highest BCUT2D eigenvalue weighted by Crippen LogP contribution is 2.40. The Morgan fingerprint density at radius 2 is 2.15 bits per heavy atom. The van der Waals surface area contributed by atoms with Crippen LogP contribution < -0.4 is 5.32 Å². The van der Waals surface area contributed by atoms with E-state index in [0.717, 1.165) is 25.8 Å². The van der Waals surface area contributed by atoms with Crippen molar-refractivity contribution in [2.75, 3.05) is 32.1 Å². The molecular formula is C14H25NO4S. The first-order valence-electron chi connectivity index (χ1n) is 7.47. The predicted molar refractivity (Wildman–Crippen MR) is 78.8 cm³/mol. The van der Waals surface area contributed by atoms with Crippen LogP contribution in [0.4, 0.5) is 0 Å². The first kappa shape index (κ1) is 16.1. The molecule has 0 aromatic heterocycles. The third kappa shape index (κ3) is 4.10. The average Bonchev–Trinajstić information content (AvgIpc) is 2.88. The zero-order valence-electron chi connectivity index (χ0n) is 12.4. The number of hydrogen-bond acceptors (Lipinski definition) is 6. The summed E-state index contributed by atoms with van der Waals surface area (Å²) in [6.07, 6.45) is 2.80. The molecule has 2 fully saturated rings. The molecule has 1 N–H and O–H groups in total. The summed E-state index contributed by atoms with van der Waals surface area (Å²) in [5.74, 6) is -0.144. The minimum atomic E-state index is -0.405. The van der Waals surface area contributed by atoms with E-state index in [2.05, 4.69) is 12.2 Å². The smallest absolute Gasteiger partial charge is 0.315 e. The third-order valence-corrected chi connectivity index (χ3v) is 5.12. The van der Waals surface area contributed by atoms with Crippen LogP contribution in [0.5, 0.6) is 0 Å². The van der Waals surface area contributed by atoms with Crippen molar-refractivity contribution in [1.29, 1.82) is 0 Å². The number of nitrogens with one attached hydrogen (secondary N) is 1. The lowest BCUT2D eigenvalue weighted by atomic mass is 9.89. The van der Waals surface area contributed by atoms with Gasteiger partial charge in [-0.3, -0.25) is 4.79 Å². The molecule has 1 aliphatic heterocycles. The number of esters is 1. The van der Waals surface area contributed by atoms with E-state index in [1.165, 1.54) is 0 Å². The second kappa shape index (κ2) is 7.64. The van der Waals surface area contributed by atoms with E-state index in [9.17, 15) is 4.79 Å². The molecule has 0 aromatic rings. The molecule has 0 amide bonds. The summed E-state index contributed by atoms with van der Waals surface area (Å²) < 4.78 is 16.6. The molecule has 6 heteroatoms. The molecule has 2 atom stereocenters. The van der Waals surface area contributed by atoms with Crippen molar-refractivity contribution in [2.45, 2.75) is 50.2 Å². The molecule has 2 unspecified atom stereocenters. The van der Waals surface area contributed by atoms with Crippen LogP contribution in [-0.4, -0.2) is 55.2 Å². The zero-order valence-corrected chi connectivity index (χ0v) is 13.2. The van der Waals surface area contributed by atoms with Crippen LogP contribution in [0.3, 0.4) is 0 Å². The van der Waals surface area contributed by atoms with Crippen LogP contribution in [0.2, 0.25) is 0 Å². The highest BCUT2D eigenvalue weighted by Gasteiger charge is 2.45. The van der Waals surface area contributed by atoms with Gasteiger partial charge in [-0.25, -0.2) is 0 Å². The SMILES string of the molecule is CCNC1CCC2(CC1SCC(=O)OCC)OCCO2. The summed E-state index contributed by atoms with van der Waals surface area (Å²) >= 11 is 1.66. The van der Waals surface area contributed by atoms with Crippen LogP contribution in [-0.2, 0) is 19.0 Å². The van der Waals surface area contributed by atoms with E-state index in [0.29, 0.717) is 36.9 Å².